The van der Waals surface area contributed by atoms with E-state index >= 15 is 0 Å². The van der Waals surface area contributed by atoms with Crippen LogP contribution in [-0.4, -0.2) is 48.0 Å². The Hall–Kier alpha value is -3.52. The number of aliphatic hydroxyl groups is 1. The molecule has 3 aromatic rings. The number of fused-ring (bicyclic) bond motifs is 2. The lowest BCUT2D eigenvalue weighted by Crippen LogP contribution is -2.47. The van der Waals surface area contributed by atoms with Crippen molar-refractivity contribution in [2.24, 2.45) is 5.92 Å². The Morgan fingerprint density at radius 1 is 1.18 bits per heavy atom. The van der Waals surface area contributed by atoms with Crippen molar-refractivity contribution in [3.8, 4) is 11.5 Å². The zero-order valence-corrected chi connectivity index (χ0v) is 18.2. The maximum atomic E-state index is 13.5. The topological polar surface area (TPSA) is 110 Å². The molecule has 2 heterocycles. The third-order valence-corrected chi connectivity index (χ3v) is 6.39. The number of esters is 1. The van der Waals surface area contributed by atoms with Crippen LogP contribution in [0, 0.1) is 5.92 Å². The number of aromatic amines is 1. The van der Waals surface area contributed by atoms with Gasteiger partial charge < -0.3 is 29.6 Å². The van der Waals surface area contributed by atoms with Crippen LogP contribution >= 0.6 is 0 Å². The Morgan fingerprint density at radius 3 is 2.76 bits per heavy atom. The van der Waals surface area contributed by atoms with E-state index in [-0.39, 0.29) is 19.1 Å². The second-order valence-corrected chi connectivity index (χ2v) is 8.57. The van der Waals surface area contributed by atoms with Gasteiger partial charge in [-0.3, -0.25) is 4.79 Å². The standard InChI is InChI=1S/C25H26N2O6/c1-31-25(30)19(10-16-12-26-18-5-3-2-4-17(16)18)27-24(29)22(23(28)14-6-7-14)15-8-9-20-21(11-15)33-13-32-20/h2-5,8-9,11-12,14,19,22-23,26,28H,6-7,10,13H2,1H3,(H,27,29)/t19-,22?,23?/m0/s1. The van der Waals surface area contributed by atoms with Crippen molar-refractivity contribution in [1.82, 2.24) is 10.3 Å². The molecule has 1 aromatic heterocycles. The summed E-state index contributed by atoms with van der Waals surface area (Å²) in [5.74, 6) is -0.622. The molecule has 0 radical (unpaired) electrons. The van der Waals surface area contributed by atoms with Gasteiger partial charge in [-0.1, -0.05) is 24.3 Å². The Balaban J connectivity index is 1.41. The second-order valence-electron chi connectivity index (χ2n) is 8.57. The van der Waals surface area contributed by atoms with Crippen molar-refractivity contribution in [1.29, 1.82) is 0 Å². The normalized spacial score (nSPS) is 17.4. The molecule has 3 atom stereocenters. The van der Waals surface area contributed by atoms with Crippen LogP contribution in [-0.2, 0) is 20.7 Å². The number of aliphatic hydroxyl groups excluding tert-OH is 1. The Morgan fingerprint density at radius 2 is 1.97 bits per heavy atom. The number of ether oxygens (including phenoxy) is 3. The molecule has 2 aromatic carbocycles. The van der Waals surface area contributed by atoms with Gasteiger partial charge in [0.25, 0.3) is 0 Å². The van der Waals surface area contributed by atoms with E-state index in [4.69, 9.17) is 14.2 Å². The number of carbonyl (C=O) groups excluding carboxylic acids is 2. The number of aromatic nitrogens is 1. The molecule has 1 amide bonds. The highest BCUT2D eigenvalue weighted by atomic mass is 16.7. The van der Waals surface area contributed by atoms with Crippen molar-refractivity contribution in [3.63, 3.8) is 0 Å². The average molecular weight is 450 g/mol. The minimum Gasteiger partial charge on any atom is -0.467 e. The summed E-state index contributed by atoms with van der Waals surface area (Å²) >= 11 is 0. The number of hydrogen-bond donors (Lipinski definition) is 3. The molecule has 33 heavy (non-hydrogen) atoms. The van der Waals surface area contributed by atoms with Crippen LogP contribution in [0.1, 0.15) is 29.9 Å². The van der Waals surface area contributed by atoms with Gasteiger partial charge in [-0.05, 0) is 48.1 Å². The fourth-order valence-electron chi connectivity index (χ4n) is 4.44. The largest absolute Gasteiger partial charge is 0.467 e. The number of nitrogens with one attached hydrogen (secondary N) is 2. The molecule has 8 nitrogen and oxygen atoms in total. The van der Waals surface area contributed by atoms with Crippen LogP contribution < -0.4 is 14.8 Å². The minimum atomic E-state index is -0.899. The minimum absolute atomic E-state index is 0.0522. The number of methoxy groups -OCH3 is 1. The van der Waals surface area contributed by atoms with Gasteiger partial charge in [0, 0.05) is 23.5 Å². The predicted molar refractivity (Wildman–Crippen MR) is 120 cm³/mol. The summed E-state index contributed by atoms with van der Waals surface area (Å²) in [5.41, 5.74) is 2.46. The van der Waals surface area contributed by atoms with Crippen LogP contribution in [0.15, 0.2) is 48.7 Å². The first-order chi connectivity index (χ1) is 16.0. The van der Waals surface area contributed by atoms with Gasteiger partial charge in [0.1, 0.15) is 6.04 Å². The molecule has 5 rings (SSSR count). The summed E-state index contributed by atoms with van der Waals surface area (Å²) in [7, 11) is 1.30. The zero-order valence-electron chi connectivity index (χ0n) is 18.2. The van der Waals surface area contributed by atoms with Crippen LogP contribution in [0.5, 0.6) is 11.5 Å². The van der Waals surface area contributed by atoms with Crippen molar-refractivity contribution in [2.45, 2.75) is 37.3 Å². The first kappa shape index (κ1) is 21.3. The zero-order chi connectivity index (χ0) is 22.9. The molecule has 172 valence electrons. The average Bonchev–Trinajstić information content (AvgIpc) is 3.45. The molecule has 2 aliphatic rings. The van der Waals surface area contributed by atoms with Crippen molar-refractivity contribution in [2.75, 3.05) is 13.9 Å². The van der Waals surface area contributed by atoms with Crippen LogP contribution in [0.2, 0.25) is 0 Å². The number of carbonyl (C=O) groups is 2. The smallest absolute Gasteiger partial charge is 0.328 e. The van der Waals surface area contributed by atoms with Crippen molar-refractivity contribution >= 4 is 22.8 Å². The quantitative estimate of drug-likeness (QED) is 0.455. The number of rotatable bonds is 8. The fourth-order valence-corrected chi connectivity index (χ4v) is 4.44. The van der Waals surface area contributed by atoms with Gasteiger partial charge in [-0.25, -0.2) is 4.79 Å². The van der Waals surface area contributed by atoms with Gasteiger partial charge in [0.05, 0.1) is 19.1 Å². The molecule has 1 aliphatic heterocycles. The lowest BCUT2D eigenvalue weighted by molar-refractivity contribution is -0.145. The van der Waals surface area contributed by atoms with Crippen LogP contribution in [0.4, 0.5) is 0 Å². The summed E-state index contributed by atoms with van der Waals surface area (Å²) < 4.78 is 15.8. The second kappa shape index (κ2) is 8.78. The predicted octanol–water partition coefficient (Wildman–Crippen LogP) is 2.65. The van der Waals surface area contributed by atoms with E-state index in [0.29, 0.717) is 17.1 Å². The molecular weight excluding hydrogens is 424 g/mol. The highest BCUT2D eigenvalue weighted by Gasteiger charge is 2.41. The Bertz CT molecular complexity index is 1180. The summed E-state index contributed by atoms with van der Waals surface area (Å²) in [6.45, 7) is 0.121. The highest BCUT2D eigenvalue weighted by molar-refractivity contribution is 5.90. The third-order valence-electron chi connectivity index (χ3n) is 6.39. The highest BCUT2D eigenvalue weighted by Crippen LogP contribution is 2.41. The molecule has 1 fully saturated rings. The maximum absolute atomic E-state index is 13.5. The molecule has 8 heteroatoms. The van der Waals surface area contributed by atoms with E-state index in [1.807, 2.05) is 30.5 Å². The van der Waals surface area contributed by atoms with Gasteiger partial charge in [-0.15, -0.1) is 0 Å². The van der Waals surface area contributed by atoms with E-state index in [1.54, 1.807) is 18.2 Å². The van der Waals surface area contributed by atoms with Gasteiger partial charge >= 0.3 is 5.97 Å². The van der Waals surface area contributed by atoms with Crippen molar-refractivity contribution in [3.05, 3.63) is 59.8 Å². The van der Waals surface area contributed by atoms with Crippen molar-refractivity contribution < 1.29 is 28.9 Å². The maximum Gasteiger partial charge on any atom is 0.328 e. The molecule has 1 aliphatic carbocycles. The van der Waals surface area contributed by atoms with Gasteiger partial charge in [0.2, 0.25) is 12.7 Å². The number of para-hydroxylation sites is 1. The Labute approximate surface area is 190 Å². The van der Waals surface area contributed by atoms with E-state index in [1.165, 1.54) is 7.11 Å². The van der Waals surface area contributed by atoms with Crippen LogP contribution in [0.25, 0.3) is 10.9 Å². The molecular formula is C25H26N2O6. The lowest BCUT2D eigenvalue weighted by atomic mass is 9.89. The number of hydrogen-bond acceptors (Lipinski definition) is 6. The fraction of sp³-hybridized carbons (Fsp3) is 0.360. The van der Waals surface area contributed by atoms with E-state index in [9.17, 15) is 14.7 Å². The van der Waals surface area contributed by atoms with Gasteiger partial charge in [0.15, 0.2) is 11.5 Å². The molecule has 0 bridgehead atoms. The molecule has 2 unspecified atom stereocenters. The summed E-state index contributed by atoms with van der Waals surface area (Å²) in [6.07, 6.45) is 2.96. The molecule has 3 N–H and O–H groups in total. The molecule has 1 saturated carbocycles. The number of H-pyrrole nitrogens is 1. The third kappa shape index (κ3) is 4.26. The lowest BCUT2D eigenvalue weighted by Gasteiger charge is -2.25. The van der Waals surface area contributed by atoms with Crippen LogP contribution in [0.3, 0.4) is 0 Å². The first-order valence-corrected chi connectivity index (χ1v) is 11.1. The van der Waals surface area contributed by atoms with E-state index < -0.39 is 29.9 Å². The number of amides is 1. The monoisotopic (exact) mass is 450 g/mol. The summed E-state index contributed by atoms with van der Waals surface area (Å²) in [4.78, 5) is 29.3. The first-order valence-electron chi connectivity index (χ1n) is 11.1. The number of benzene rings is 2. The SMILES string of the molecule is COC(=O)[C@H](Cc1c[nH]c2ccccc12)NC(=O)C(c1ccc2c(c1)OCO2)C(O)C1CC1. The van der Waals surface area contributed by atoms with Gasteiger partial charge in [-0.2, -0.15) is 0 Å². The van der Waals surface area contributed by atoms with E-state index in [0.717, 1.165) is 29.3 Å². The summed E-state index contributed by atoms with van der Waals surface area (Å²) in [5, 5.41) is 14.8. The Kier molecular flexibility index (Phi) is 5.68. The summed E-state index contributed by atoms with van der Waals surface area (Å²) in [6, 6.07) is 12.1. The van der Waals surface area contributed by atoms with E-state index in [2.05, 4.69) is 10.3 Å². The molecule has 0 saturated heterocycles. The molecule has 0 spiro atoms.